The third-order valence-electron chi connectivity index (χ3n) is 0.221. The standard InChI is InChI=1S/C3H6ClN.ClH.Na.H/c1-2-3-5-4;;;/h2,5H,1,3H2;1H;;. The average Bonchev–Trinajstić information content (AvgIpc) is 1.41. The van der Waals surface area contributed by atoms with E-state index in [4.69, 9.17) is 11.8 Å². The first-order valence-electron chi connectivity index (χ1n) is 1.36. The van der Waals surface area contributed by atoms with E-state index in [0.717, 1.165) is 0 Å². The third-order valence-corrected chi connectivity index (χ3v) is 0.376. The fraction of sp³-hybridized carbons (Fsp3) is 0.333. The van der Waals surface area contributed by atoms with Gasteiger partial charge in [-0.3, -0.25) is 0 Å². The Balaban J connectivity index is -0.0000000800. The SMILES string of the molecule is C=CCNCl.Cl.[NaH]. The van der Waals surface area contributed by atoms with Gasteiger partial charge in [0.05, 0.1) is 0 Å². The van der Waals surface area contributed by atoms with E-state index in [1.54, 1.807) is 6.08 Å². The fourth-order valence-corrected chi connectivity index (χ4v) is 0.164. The summed E-state index contributed by atoms with van der Waals surface area (Å²) in [5, 5.41) is 0. The molecule has 0 saturated heterocycles. The Morgan fingerprint density at radius 3 is 2.14 bits per heavy atom. The maximum atomic E-state index is 4.98. The Morgan fingerprint density at radius 2 is 2.14 bits per heavy atom. The summed E-state index contributed by atoms with van der Waals surface area (Å²) < 4.78 is 0. The molecule has 0 amide bonds. The van der Waals surface area contributed by atoms with Crippen molar-refractivity contribution in [2.45, 2.75) is 0 Å². The van der Waals surface area contributed by atoms with E-state index in [1.165, 1.54) is 0 Å². The molecule has 0 aliphatic carbocycles. The van der Waals surface area contributed by atoms with Crippen molar-refractivity contribution in [3.8, 4) is 0 Å². The van der Waals surface area contributed by atoms with Crippen LogP contribution in [0.2, 0.25) is 0 Å². The van der Waals surface area contributed by atoms with Crippen LogP contribution in [0.25, 0.3) is 0 Å². The van der Waals surface area contributed by atoms with E-state index in [2.05, 4.69) is 11.4 Å². The molecule has 0 aliphatic heterocycles. The van der Waals surface area contributed by atoms with E-state index in [-0.39, 0.29) is 42.0 Å². The normalized spacial score (nSPS) is 5.29. The van der Waals surface area contributed by atoms with E-state index in [9.17, 15) is 0 Å². The third kappa shape index (κ3) is 18.9. The predicted octanol–water partition coefficient (Wildman–Crippen LogP) is 0.689. The molecule has 0 aromatic heterocycles. The molecule has 7 heavy (non-hydrogen) atoms. The number of nitrogens with one attached hydrogen (secondary N) is 1. The number of rotatable bonds is 2. The van der Waals surface area contributed by atoms with Gasteiger partial charge in [0.25, 0.3) is 0 Å². The molecule has 0 unspecified atom stereocenters. The maximum absolute atomic E-state index is 4.98. The van der Waals surface area contributed by atoms with Crippen LogP contribution in [0.15, 0.2) is 12.7 Å². The van der Waals surface area contributed by atoms with Crippen LogP contribution in [-0.4, -0.2) is 36.1 Å². The number of hydrogen-bond donors (Lipinski definition) is 1. The molecular weight excluding hydrogens is 144 g/mol. The van der Waals surface area contributed by atoms with Gasteiger partial charge in [-0.2, -0.15) is 0 Å². The van der Waals surface area contributed by atoms with Crippen molar-refractivity contribution in [3.05, 3.63) is 12.7 Å². The minimum absolute atomic E-state index is 0. The molecule has 1 N–H and O–H groups in total. The van der Waals surface area contributed by atoms with Crippen LogP contribution in [0, 0.1) is 0 Å². The Hall–Kier alpha value is 1.28. The fourth-order valence-electron chi connectivity index (χ4n) is 0.0546. The second kappa shape index (κ2) is 15.7. The van der Waals surface area contributed by atoms with Crippen molar-refractivity contribution in [3.63, 3.8) is 0 Å². The van der Waals surface area contributed by atoms with Gasteiger partial charge in [-0.15, -0.1) is 19.0 Å². The van der Waals surface area contributed by atoms with E-state index in [1.807, 2.05) is 0 Å². The average molecular weight is 152 g/mol. The van der Waals surface area contributed by atoms with Crippen LogP contribution >= 0.6 is 24.2 Å². The first-order chi connectivity index (χ1) is 2.41. The van der Waals surface area contributed by atoms with Crippen LogP contribution in [0.3, 0.4) is 0 Å². The molecule has 0 radical (unpaired) electrons. The molecule has 0 bridgehead atoms. The van der Waals surface area contributed by atoms with Gasteiger partial charge in [0.1, 0.15) is 0 Å². The molecule has 0 saturated carbocycles. The summed E-state index contributed by atoms with van der Waals surface area (Å²) in [6.45, 7) is 4.07. The van der Waals surface area contributed by atoms with Gasteiger partial charge in [-0.25, -0.2) is 4.84 Å². The quantitative estimate of drug-likeness (QED) is 0.348. The molecule has 0 aromatic carbocycles. The summed E-state index contributed by atoms with van der Waals surface area (Å²) in [5.74, 6) is 0. The molecule has 40 valence electrons. The molecule has 0 aliphatic rings. The van der Waals surface area contributed by atoms with Crippen molar-refractivity contribution >= 4 is 53.7 Å². The minimum atomic E-state index is 0. The summed E-state index contributed by atoms with van der Waals surface area (Å²) in [5.41, 5.74) is 0. The molecule has 0 fully saturated rings. The molecule has 0 atom stereocenters. The van der Waals surface area contributed by atoms with Crippen LogP contribution < -0.4 is 4.84 Å². The molecule has 0 spiro atoms. The number of halogens is 2. The summed E-state index contributed by atoms with van der Waals surface area (Å²) in [6, 6.07) is 0. The van der Waals surface area contributed by atoms with Crippen LogP contribution in [-0.2, 0) is 0 Å². The second-order valence-corrected chi connectivity index (χ2v) is 0.894. The van der Waals surface area contributed by atoms with Gasteiger partial charge in [-0.05, 0) is 11.8 Å². The van der Waals surface area contributed by atoms with Gasteiger partial charge < -0.3 is 0 Å². The molecule has 1 nitrogen and oxygen atoms in total. The van der Waals surface area contributed by atoms with E-state index >= 15 is 0 Å². The first-order valence-corrected chi connectivity index (χ1v) is 1.74. The second-order valence-electron chi connectivity index (χ2n) is 0.626. The first kappa shape index (κ1) is 15.7. The molecule has 0 heterocycles. The Bertz CT molecular complexity index is 34.1. The Kier molecular flexibility index (Phi) is 35.2. The molecule has 0 aromatic rings. The van der Waals surface area contributed by atoms with E-state index in [0.29, 0.717) is 6.54 Å². The van der Waals surface area contributed by atoms with Crippen molar-refractivity contribution in [2.24, 2.45) is 0 Å². The Labute approximate surface area is 77.3 Å². The van der Waals surface area contributed by atoms with Crippen LogP contribution in [0.5, 0.6) is 0 Å². The monoisotopic (exact) mass is 151 g/mol. The van der Waals surface area contributed by atoms with Crippen molar-refractivity contribution in [1.82, 2.24) is 4.84 Å². The van der Waals surface area contributed by atoms with Crippen molar-refractivity contribution in [2.75, 3.05) is 6.54 Å². The molecule has 4 heteroatoms. The number of hydrogen-bond acceptors (Lipinski definition) is 1. The summed E-state index contributed by atoms with van der Waals surface area (Å²) in [4.78, 5) is 2.37. The van der Waals surface area contributed by atoms with Gasteiger partial charge >= 0.3 is 29.6 Å². The zero-order valence-corrected chi connectivity index (χ0v) is 4.85. The zero-order chi connectivity index (χ0) is 4.12. The summed E-state index contributed by atoms with van der Waals surface area (Å²) in [6.07, 6.45) is 1.69. The van der Waals surface area contributed by atoms with Gasteiger partial charge in [0.2, 0.25) is 0 Å². The van der Waals surface area contributed by atoms with Gasteiger partial charge in [0.15, 0.2) is 0 Å². The van der Waals surface area contributed by atoms with Crippen molar-refractivity contribution < 1.29 is 0 Å². The predicted molar refractivity (Wildman–Crippen MR) is 38.4 cm³/mol. The van der Waals surface area contributed by atoms with E-state index < -0.39 is 0 Å². The summed E-state index contributed by atoms with van der Waals surface area (Å²) in [7, 11) is 0. The van der Waals surface area contributed by atoms with Gasteiger partial charge in [-0.1, -0.05) is 6.08 Å². The summed E-state index contributed by atoms with van der Waals surface area (Å²) >= 11 is 4.98. The Morgan fingerprint density at radius 1 is 1.71 bits per heavy atom. The van der Waals surface area contributed by atoms with Crippen molar-refractivity contribution in [1.29, 1.82) is 0 Å². The molecular formula is C3H8Cl2NNa. The zero-order valence-electron chi connectivity index (χ0n) is 3.28. The van der Waals surface area contributed by atoms with Crippen LogP contribution in [0.4, 0.5) is 0 Å². The topological polar surface area (TPSA) is 12.0 Å². The van der Waals surface area contributed by atoms with Crippen LogP contribution in [0.1, 0.15) is 0 Å². The molecule has 0 rings (SSSR count). The van der Waals surface area contributed by atoms with Gasteiger partial charge in [0, 0.05) is 6.54 Å².